The SMILES string of the molecule is Cc1noc(C)c1CCC(=O)NCC1(c2ccccc2)CC1. The van der Waals surface area contributed by atoms with Crippen molar-refractivity contribution in [2.75, 3.05) is 6.54 Å². The average Bonchev–Trinajstić information content (AvgIpc) is 3.26. The molecule has 1 heterocycles. The number of nitrogens with one attached hydrogen (secondary N) is 1. The fraction of sp³-hybridized carbons (Fsp3) is 0.444. The Morgan fingerprint density at radius 3 is 2.59 bits per heavy atom. The van der Waals surface area contributed by atoms with Crippen molar-refractivity contribution < 1.29 is 9.32 Å². The highest BCUT2D eigenvalue weighted by Gasteiger charge is 2.44. The van der Waals surface area contributed by atoms with Gasteiger partial charge in [0, 0.05) is 23.9 Å². The minimum atomic E-state index is 0.0993. The summed E-state index contributed by atoms with van der Waals surface area (Å²) in [5, 5.41) is 7.02. The van der Waals surface area contributed by atoms with Crippen LogP contribution in [-0.2, 0) is 16.6 Å². The summed E-state index contributed by atoms with van der Waals surface area (Å²) in [5.41, 5.74) is 3.44. The number of aryl methyl sites for hydroxylation is 2. The van der Waals surface area contributed by atoms with Gasteiger partial charge in [-0.2, -0.15) is 0 Å². The van der Waals surface area contributed by atoms with E-state index in [0.717, 1.165) is 36.4 Å². The maximum atomic E-state index is 12.1. The van der Waals surface area contributed by atoms with Gasteiger partial charge in [0.2, 0.25) is 5.91 Å². The van der Waals surface area contributed by atoms with Gasteiger partial charge in [-0.3, -0.25) is 4.79 Å². The van der Waals surface area contributed by atoms with E-state index in [1.807, 2.05) is 19.9 Å². The molecule has 4 nitrogen and oxygen atoms in total. The van der Waals surface area contributed by atoms with Crippen LogP contribution in [0.15, 0.2) is 34.9 Å². The number of nitrogens with zero attached hydrogens (tertiary/aromatic N) is 1. The average molecular weight is 298 g/mol. The first-order valence-electron chi connectivity index (χ1n) is 7.85. The predicted octanol–water partition coefficient (Wildman–Crippen LogP) is 3.07. The number of carbonyl (C=O) groups is 1. The van der Waals surface area contributed by atoms with Crippen molar-refractivity contribution in [1.82, 2.24) is 10.5 Å². The Labute approximate surface area is 130 Å². The lowest BCUT2D eigenvalue weighted by molar-refractivity contribution is -0.121. The van der Waals surface area contributed by atoms with Crippen LogP contribution in [0.2, 0.25) is 0 Å². The molecular formula is C18H22N2O2. The molecule has 0 aliphatic heterocycles. The molecule has 1 aliphatic carbocycles. The van der Waals surface area contributed by atoms with E-state index in [4.69, 9.17) is 4.52 Å². The Morgan fingerprint density at radius 1 is 1.27 bits per heavy atom. The van der Waals surface area contributed by atoms with E-state index in [9.17, 15) is 4.79 Å². The van der Waals surface area contributed by atoms with Gasteiger partial charge in [-0.1, -0.05) is 35.5 Å². The van der Waals surface area contributed by atoms with E-state index in [-0.39, 0.29) is 11.3 Å². The van der Waals surface area contributed by atoms with Crippen LogP contribution in [0.5, 0.6) is 0 Å². The van der Waals surface area contributed by atoms with Crippen molar-refractivity contribution in [3.63, 3.8) is 0 Å². The number of hydrogen-bond acceptors (Lipinski definition) is 3. The maximum absolute atomic E-state index is 12.1. The number of rotatable bonds is 6. The van der Waals surface area contributed by atoms with Crippen LogP contribution in [-0.4, -0.2) is 17.6 Å². The van der Waals surface area contributed by atoms with E-state index < -0.39 is 0 Å². The van der Waals surface area contributed by atoms with Crippen molar-refractivity contribution in [1.29, 1.82) is 0 Å². The van der Waals surface area contributed by atoms with Gasteiger partial charge in [-0.15, -0.1) is 0 Å². The molecule has 2 aromatic rings. The van der Waals surface area contributed by atoms with E-state index in [1.54, 1.807) is 0 Å². The second-order valence-corrected chi connectivity index (χ2v) is 6.23. The van der Waals surface area contributed by atoms with Crippen LogP contribution in [0.1, 0.15) is 41.8 Å². The molecule has 1 amide bonds. The monoisotopic (exact) mass is 298 g/mol. The molecule has 0 unspecified atom stereocenters. The third-order valence-electron chi connectivity index (χ3n) is 4.65. The molecule has 0 radical (unpaired) electrons. The fourth-order valence-corrected chi connectivity index (χ4v) is 2.96. The summed E-state index contributed by atoms with van der Waals surface area (Å²) in [4.78, 5) is 12.1. The summed E-state index contributed by atoms with van der Waals surface area (Å²) in [7, 11) is 0. The van der Waals surface area contributed by atoms with E-state index in [1.165, 1.54) is 5.56 Å². The molecule has 4 heteroatoms. The maximum Gasteiger partial charge on any atom is 0.220 e. The number of benzene rings is 1. The summed E-state index contributed by atoms with van der Waals surface area (Å²) in [5.74, 6) is 0.912. The first-order valence-corrected chi connectivity index (χ1v) is 7.85. The molecule has 116 valence electrons. The van der Waals surface area contributed by atoms with Crippen LogP contribution in [0, 0.1) is 13.8 Å². The first-order chi connectivity index (χ1) is 10.6. The van der Waals surface area contributed by atoms with Crippen LogP contribution in [0.3, 0.4) is 0 Å². The summed E-state index contributed by atoms with van der Waals surface area (Å²) >= 11 is 0. The van der Waals surface area contributed by atoms with Crippen molar-refractivity contribution >= 4 is 5.91 Å². The lowest BCUT2D eigenvalue weighted by atomic mass is 9.96. The van der Waals surface area contributed by atoms with Crippen LogP contribution in [0.25, 0.3) is 0 Å². The van der Waals surface area contributed by atoms with Crippen LogP contribution in [0.4, 0.5) is 0 Å². The van der Waals surface area contributed by atoms with E-state index in [2.05, 4.69) is 34.7 Å². The molecule has 3 rings (SSSR count). The third kappa shape index (κ3) is 3.06. The largest absolute Gasteiger partial charge is 0.361 e. The molecule has 0 spiro atoms. The lowest BCUT2D eigenvalue weighted by Gasteiger charge is -2.16. The second kappa shape index (κ2) is 5.95. The van der Waals surface area contributed by atoms with E-state index in [0.29, 0.717) is 12.8 Å². The first kappa shape index (κ1) is 14.8. The third-order valence-corrected chi connectivity index (χ3v) is 4.65. The van der Waals surface area contributed by atoms with Gasteiger partial charge < -0.3 is 9.84 Å². The van der Waals surface area contributed by atoms with Crippen molar-refractivity contribution in [3.05, 3.63) is 52.9 Å². The van der Waals surface area contributed by atoms with Crippen molar-refractivity contribution in [2.24, 2.45) is 0 Å². The van der Waals surface area contributed by atoms with Crippen LogP contribution >= 0.6 is 0 Å². The molecule has 0 bridgehead atoms. The number of aromatic nitrogens is 1. The summed E-state index contributed by atoms with van der Waals surface area (Å²) in [6.07, 6.45) is 3.47. The Morgan fingerprint density at radius 2 is 2.00 bits per heavy atom. The van der Waals surface area contributed by atoms with Gasteiger partial charge in [-0.05, 0) is 38.7 Å². The molecule has 1 aliphatic rings. The molecule has 1 saturated carbocycles. The van der Waals surface area contributed by atoms with Gasteiger partial charge in [0.05, 0.1) is 5.69 Å². The van der Waals surface area contributed by atoms with Gasteiger partial charge in [0.15, 0.2) is 0 Å². The van der Waals surface area contributed by atoms with Crippen molar-refractivity contribution in [3.8, 4) is 0 Å². The molecule has 0 saturated heterocycles. The Hall–Kier alpha value is -2.10. The predicted molar refractivity (Wildman–Crippen MR) is 84.7 cm³/mol. The molecule has 1 N–H and O–H groups in total. The molecule has 0 atom stereocenters. The smallest absolute Gasteiger partial charge is 0.220 e. The number of carbonyl (C=O) groups excluding carboxylic acids is 1. The highest BCUT2D eigenvalue weighted by Crippen LogP contribution is 2.47. The van der Waals surface area contributed by atoms with Gasteiger partial charge in [0.1, 0.15) is 5.76 Å². The normalized spacial score (nSPS) is 15.5. The number of hydrogen-bond donors (Lipinski definition) is 1. The molecule has 1 aromatic carbocycles. The summed E-state index contributed by atoms with van der Waals surface area (Å²) < 4.78 is 5.13. The van der Waals surface area contributed by atoms with Crippen molar-refractivity contribution in [2.45, 2.75) is 44.9 Å². The Kier molecular flexibility index (Phi) is 4.01. The molecule has 1 fully saturated rings. The second-order valence-electron chi connectivity index (χ2n) is 6.23. The zero-order valence-electron chi connectivity index (χ0n) is 13.2. The van der Waals surface area contributed by atoms with E-state index >= 15 is 0 Å². The summed E-state index contributed by atoms with van der Waals surface area (Å²) in [6, 6.07) is 10.5. The quantitative estimate of drug-likeness (QED) is 0.891. The lowest BCUT2D eigenvalue weighted by Crippen LogP contribution is -2.32. The minimum Gasteiger partial charge on any atom is -0.361 e. The molecule has 22 heavy (non-hydrogen) atoms. The standard InChI is InChI=1S/C18H22N2O2/c1-13-16(14(2)22-20-13)8-9-17(21)19-12-18(10-11-18)15-6-4-3-5-7-15/h3-7H,8-12H2,1-2H3,(H,19,21). The fourth-order valence-electron chi connectivity index (χ4n) is 2.96. The molecule has 1 aromatic heterocycles. The highest BCUT2D eigenvalue weighted by atomic mass is 16.5. The van der Waals surface area contributed by atoms with Gasteiger partial charge in [0.25, 0.3) is 0 Å². The topological polar surface area (TPSA) is 55.1 Å². The highest BCUT2D eigenvalue weighted by molar-refractivity contribution is 5.76. The van der Waals surface area contributed by atoms with Gasteiger partial charge in [-0.25, -0.2) is 0 Å². The Balaban J connectivity index is 1.51. The number of amides is 1. The summed E-state index contributed by atoms with van der Waals surface area (Å²) in [6.45, 7) is 4.54. The van der Waals surface area contributed by atoms with Crippen LogP contribution < -0.4 is 5.32 Å². The van der Waals surface area contributed by atoms with Gasteiger partial charge >= 0.3 is 0 Å². The zero-order valence-corrected chi connectivity index (χ0v) is 13.2. The zero-order chi connectivity index (χ0) is 15.6. The Bertz CT molecular complexity index is 637. The minimum absolute atomic E-state index is 0.0993. The molecular weight excluding hydrogens is 276 g/mol.